The number of hydrogen-bond acceptors (Lipinski definition) is 6. The largest absolute Gasteiger partial charge is 0.467 e. The molecule has 3 aromatic rings. The first-order chi connectivity index (χ1) is 15.4. The van der Waals surface area contributed by atoms with E-state index in [0.29, 0.717) is 48.8 Å². The first-order valence-electron chi connectivity index (χ1n) is 10.5. The van der Waals surface area contributed by atoms with Crippen molar-refractivity contribution >= 4 is 32.8 Å². The molecule has 32 heavy (non-hydrogen) atoms. The molecule has 0 saturated heterocycles. The fourth-order valence-corrected chi connectivity index (χ4v) is 6.41. The summed E-state index contributed by atoms with van der Waals surface area (Å²) in [6, 6.07) is 7.97. The van der Waals surface area contributed by atoms with Gasteiger partial charge in [-0.2, -0.15) is 4.31 Å². The van der Waals surface area contributed by atoms with Crippen LogP contribution in [0.2, 0.25) is 0 Å². The maximum Gasteiger partial charge on any atom is 0.243 e. The van der Waals surface area contributed by atoms with Crippen LogP contribution < -0.4 is 4.74 Å². The molecule has 0 atom stereocenters. The average Bonchev–Trinajstić information content (AvgIpc) is 3.14. The number of imidazole rings is 1. The Morgan fingerprint density at radius 3 is 2.69 bits per heavy atom. The van der Waals surface area contributed by atoms with Gasteiger partial charge in [0.2, 0.25) is 10.0 Å². The van der Waals surface area contributed by atoms with Gasteiger partial charge in [-0.05, 0) is 37.3 Å². The number of ether oxygens (including phenoxy) is 2. The van der Waals surface area contributed by atoms with Crippen molar-refractivity contribution in [3.63, 3.8) is 0 Å². The van der Waals surface area contributed by atoms with Crippen LogP contribution in [0, 0.1) is 5.82 Å². The van der Waals surface area contributed by atoms with E-state index >= 15 is 0 Å². The highest BCUT2D eigenvalue weighted by molar-refractivity contribution is 7.98. The fraction of sp³-hybridized carbons (Fsp3) is 0.409. The molecule has 2 aromatic carbocycles. The third-order valence-electron chi connectivity index (χ3n) is 5.45. The van der Waals surface area contributed by atoms with Crippen molar-refractivity contribution < 1.29 is 22.3 Å². The normalized spacial score (nSPS) is 14.0. The van der Waals surface area contributed by atoms with Crippen LogP contribution in [0.5, 0.6) is 5.75 Å². The van der Waals surface area contributed by atoms with Gasteiger partial charge in [0.25, 0.3) is 0 Å². The lowest BCUT2D eigenvalue weighted by molar-refractivity contribution is -0.0171. The molecule has 0 unspecified atom stereocenters. The Bertz CT molecular complexity index is 1240. The van der Waals surface area contributed by atoms with E-state index in [-0.39, 0.29) is 17.5 Å². The lowest BCUT2D eigenvalue weighted by Crippen LogP contribution is -2.30. The molecule has 10 heteroatoms. The number of benzene rings is 2. The van der Waals surface area contributed by atoms with Crippen LogP contribution in [0.4, 0.5) is 4.39 Å². The lowest BCUT2D eigenvalue weighted by atomic mass is 10.1. The molecule has 7 nitrogen and oxygen atoms in total. The molecule has 172 valence electrons. The van der Waals surface area contributed by atoms with Crippen LogP contribution >= 0.6 is 11.8 Å². The third-order valence-corrected chi connectivity index (χ3v) is 8.52. The monoisotopic (exact) mass is 479 g/mol. The number of rotatable bonds is 8. The van der Waals surface area contributed by atoms with Crippen LogP contribution in [-0.4, -0.2) is 42.2 Å². The molecule has 1 aliphatic rings. The molecular formula is C22H26FN3O4S2. The molecule has 1 aliphatic heterocycles. The van der Waals surface area contributed by atoms with E-state index in [9.17, 15) is 12.8 Å². The quantitative estimate of drug-likeness (QED) is 0.447. The van der Waals surface area contributed by atoms with Gasteiger partial charge in [-0.1, -0.05) is 25.6 Å². The van der Waals surface area contributed by atoms with Crippen molar-refractivity contribution in [1.29, 1.82) is 0 Å². The van der Waals surface area contributed by atoms with Gasteiger partial charge in [0, 0.05) is 36.5 Å². The summed E-state index contributed by atoms with van der Waals surface area (Å²) in [6.07, 6.45) is 0. The Morgan fingerprint density at radius 2 is 1.97 bits per heavy atom. The van der Waals surface area contributed by atoms with Crippen LogP contribution in [0.3, 0.4) is 0 Å². The zero-order valence-electron chi connectivity index (χ0n) is 18.3. The zero-order chi connectivity index (χ0) is 22.9. The Kier molecular flexibility index (Phi) is 6.75. The second-order valence-electron chi connectivity index (χ2n) is 7.33. The number of fused-ring (bicyclic) bond motifs is 2. The summed E-state index contributed by atoms with van der Waals surface area (Å²) in [4.78, 5) is 4.94. The van der Waals surface area contributed by atoms with E-state index in [1.54, 1.807) is 18.2 Å². The van der Waals surface area contributed by atoms with E-state index in [2.05, 4.69) is 0 Å². The maximum absolute atomic E-state index is 14.1. The predicted molar refractivity (Wildman–Crippen MR) is 122 cm³/mol. The number of hydrogen-bond donors (Lipinski definition) is 0. The smallest absolute Gasteiger partial charge is 0.243 e. The standard InChI is InChI=1S/C22H26FN3O4S2/c1-4-25(5-2)32(27,28)18-7-8-20-19(11-18)24-22(26(20)6-3)31-13-16-10-17(23)9-15-12-29-14-30-21(15)16/h7-11H,4-6,12-14H2,1-3H3. The van der Waals surface area contributed by atoms with E-state index in [1.165, 1.54) is 28.2 Å². The number of thioether (sulfide) groups is 1. The summed E-state index contributed by atoms with van der Waals surface area (Å²) in [7, 11) is -3.57. The number of halogens is 1. The van der Waals surface area contributed by atoms with Gasteiger partial charge in [0.15, 0.2) is 11.9 Å². The minimum absolute atomic E-state index is 0.146. The summed E-state index contributed by atoms with van der Waals surface area (Å²) in [5, 5.41) is 0.741. The first-order valence-corrected chi connectivity index (χ1v) is 13.0. The number of aryl methyl sites for hydroxylation is 1. The maximum atomic E-state index is 14.1. The topological polar surface area (TPSA) is 73.7 Å². The highest BCUT2D eigenvalue weighted by Crippen LogP contribution is 2.35. The summed E-state index contributed by atoms with van der Waals surface area (Å²) < 4.78 is 54.2. The Hall–Kier alpha value is -2.14. The number of sulfonamides is 1. The zero-order valence-corrected chi connectivity index (χ0v) is 19.9. The van der Waals surface area contributed by atoms with Crippen LogP contribution in [0.1, 0.15) is 31.9 Å². The molecule has 2 heterocycles. The third kappa shape index (κ3) is 4.24. The van der Waals surface area contributed by atoms with Crippen molar-refractivity contribution in [3.05, 3.63) is 47.3 Å². The molecule has 0 fully saturated rings. The minimum atomic E-state index is -3.57. The van der Waals surface area contributed by atoms with Gasteiger partial charge in [0.1, 0.15) is 11.6 Å². The molecule has 0 amide bonds. The number of nitrogens with zero attached hydrogens (tertiary/aromatic N) is 3. The molecule has 0 radical (unpaired) electrons. The highest BCUT2D eigenvalue weighted by Gasteiger charge is 2.23. The Labute approximate surface area is 191 Å². The van der Waals surface area contributed by atoms with E-state index in [0.717, 1.165) is 16.2 Å². The van der Waals surface area contributed by atoms with Crippen molar-refractivity contribution in [2.24, 2.45) is 0 Å². The van der Waals surface area contributed by atoms with Crippen molar-refractivity contribution in [2.75, 3.05) is 19.9 Å². The summed E-state index contributed by atoms with van der Waals surface area (Å²) in [6.45, 7) is 7.61. The van der Waals surface area contributed by atoms with Crippen LogP contribution in [0.15, 0.2) is 40.4 Å². The second-order valence-corrected chi connectivity index (χ2v) is 10.2. The van der Waals surface area contributed by atoms with Gasteiger partial charge in [-0.3, -0.25) is 0 Å². The molecule has 0 spiro atoms. The lowest BCUT2D eigenvalue weighted by Gasteiger charge is -2.20. The van der Waals surface area contributed by atoms with Gasteiger partial charge >= 0.3 is 0 Å². The van der Waals surface area contributed by atoms with Crippen molar-refractivity contribution in [3.8, 4) is 5.75 Å². The average molecular weight is 480 g/mol. The molecular weight excluding hydrogens is 453 g/mol. The molecule has 0 N–H and O–H groups in total. The van der Waals surface area contributed by atoms with Crippen molar-refractivity contribution in [2.45, 2.75) is 49.7 Å². The molecule has 0 bridgehead atoms. The van der Waals surface area contributed by atoms with Crippen LogP contribution in [-0.2, 0) is 33.7 Å². The van der Waals surface area contributed by atoms with E-state index in [1.807, 2.05) is 25.3 Å². The number of aromatic nitrogens is 2. The van der Waals surface area contributed by atoms with E-state index in [4.69, 9.17) is 14.5 Å². The Balaban J connectivity index is 1.66. The van der Waals surface area contributed by atoms with E-state index < -0.39 is 10.0 Å². The molecule has 0 saturated carbocycles. The SMILES string of the molecule is CCN(CC)S(=O)(=O)c1ccc2c(c1)nc(SCc1cc(F)cc3c1OCOC3)n2CC. The van der Waals surface area contributed by atoms with Gasteiger partial charge in [-0.25, -0.2) is 17.8 Å². The van der Waals surface area contributed by atoms with Gasteiger partial charge in [-0.15, -0.1) is 0 Å². The Morgan fingerprint density at radius 1 is 1.19 bits per heavy atom. The molecule has 0 aliphatic carbocycles. The molecule has 4 rings (SSSR count). The molecule has 1 aromatic heterocycles. The van der Waals surface area contributed by atoms with Crippen LogP contribution in [0.25, 0.3) is 11.0 Å². The summed E-state index contributed by atoms with van der Waals surface area (Å²) >= 11 is 1.47. The minimum Gasteiger partial charge on any atom is -0.467 e. The predicted octanol–water partition coefficient (Wildman–Crippen LogP) is 4.38. The first kappa shape index (κ1) is 23.0. The fourth-order valence-electron chi connectivity index (χ4n) is 3.88. The van der Waals surface area contributed by atoms with Gasteiger partial charge in [0.05, 0.1) is 22.5 Å². The summed E-state index contributed by atoms with van der Waals surface area (Å²) in [5.41, 5.74) is 2.92. The second kappa shape index (κ2) is 9.38. The summed E-state index contributed by atoms with van der Waals surface area (Å²) in [5.74, 6) is 0.800. The highest BCUT2D eigenvalue weighted by atomic mass is 32.2. The van der Waals surface area contributed by atoms with Gasteiger partial charge < -0.3 is 14.0 Å². The van der Waals surface area contributed by atoms with Crippen molar-refractivity contribution in [1.82, 2.24) is 13.9 Å².